The van der Waals surface area contributed by atoms with E-state index in [1.165, 1.54) is 12.1 Å². The fourth-order valence-electron chi connectivity index (χ4n) is 3.26. The zero-order valence-electron chi connectivity index (χ0n) is 17.1. The highest BCUT2D eigenvalue weighted by Gasteiger charge is 2.30. The van der Waals surface area contributed by atoms with E-state index < -0.39 is 23.6 Å². The molecule has 3 aromatic rings. The first kappa shape index (κ1) is 22.9. The molecular formula is C24H20F3NO4. The van der Waals surface area contributed by atoms with E-state index in [2.05, 4.69) is 5.32 Å². The first-order valence-corrected chi connectivity index (χ1v) is 9.75. The smallest absolute Gasteiger partial charge is 0.416 e. The van der Waals surface area contributed by atoms with Crippen molar-refractivity contribution in [2.75, 3.05) is 11.9 Å². The molecule has 0 spiro atoms. The molecule has 0 aromatic heterocycles. The minimum Gasteiger partial charge on any atom is -0.491 e. The van der Waals surface area contributed by atoms with Crippen molar-refractivity contribution >= 4 is 17.6 Å². The van der Waals surface area contributed by atoms with E-state index in [1.54, 1.807) is 49.4 Å². The Balaban J connectivity index is 1.94. The maximum absolute atomic E-state index is 13.1. The third kappa shape index (κ3) is 5.26. The summed E-state index contributed by atoms with van der Waals surface area (Å²) in [6.07, 6.45) is -4.73. The molecule has 0 saturated heterocycles. The Bertz CT molecular complexity index is 1120. The number of carbonyl (C=O) groups excluding carboxylic acids is 1. The van der Waals surface area contributed by atoms with E-state index in [0.29, 0.717) is 22.4 Å². The van der Waals surface area contributed by atoms with Gasteiger partial charge in [-0.3, -0.25) is 9.59 Å². The van der Waals surface area contributed by atoms with Crippen LogP contribution in [0.5, 0.6) is 5.75 Å². The molecular weight excluding hydrogens is 423 g/mol. The van der Waals surface area contributed by atoms with Crippen molar-refractivity contribution < 1.29 is 32.6 Å². The lowest BCUT2D eigenvalue weighted by molar-refractivity contribution is -0.138. The Labute approximate surface area is 182 Å². The van der Waals surface area contributed by atoms with Crippen molar-refractivity contribution in [3.63, 3.8) is 0 Å². The predicted octanol–water partition coefficient (Wildman–Crippen LogP) is 5.65. The van der Waals surface area contributed by atoms with Gasteiger partial charge in [0, 0.05) is 11.1 Å². The zero-order chi connectivity index (χ0) is 23.3. The number of benzene rings is 3. The molecule has 0 aliphatic rings. The molecule has 0 aliphatic carbocycles. The number of nitrogens with one attached hydrogen (secondary N) is 1. The number of carboxylic acid groups (broad SMARTS) is 1. The van der Waals surface area contributed by atoms with Gasteiger partial charge in [0.2, 0.25) is 0 Å². The van der Waals surface area contributed by atoms with E-state index in [-0.39, 0.29) is 24.3 Å². The normalized spacial score (nSPS) is 11.1. The van der Waals surface area contributed by atoms with Crippen molar-refractivity contribution in [2.45, 2.75) is 19.5 Å². The Morgan fingerprint density at radius 3 is 2.28 bits per heavy atom. The average molecular weight is 443 g/mol. The van der Waals surface area contributed by atoms with Crippen LogP contribution in [0.1, 0.15) is 28.4 Å². The van der Waals surface area contributed by atoms with Gasteiger partial charge in [-0.05, 0) is 42.3 Å². The summed E-state index contributed by atoms with van der Waals surface area (Å²) >= 11 is 0. The van der Waals surface area contributed by atoms with Crippen molar-refractivity contribution in [2.24, 2.45) is 0 Å². The van der Waals surface area contributed by atoms with Gasteiger partial charge in [-0.25, -0.2) is 0 Å². The molecule has 3 rings (SSSR count). The maximum atomic E-state index is 13.1. The Kier molecular flexibility index (Phi) is 6.82. The van der Waals surface area contributed by atoms with Crippen LogP contribution in [-0.4, -0.2) is 23.6 Å². The molecule has 2 N–H and O–H groups in total. The number of hydrogen-bond acceptors (Lipinski definition) is 3. The lowest BCUT2D eigenvalue weighted by Gasteiger charge is -2.16. The van der Waals surface area contributed by atoms with Crippen LogP contribution in [0.2, 0.25) is 0 Å². The lowest BCUT2D eigenvalue weighted by Crippen LogP contribution is -2.15. The number of carbonyl (C=O) groups is 2. The third-order valence-corrected chi connectivity index (χ3v) is 4.67. The van der Waals surface area contributed by atoms with Gasteiger partial charge < -0.3 is 15.2 Å². The number of amides is 1. The number of rotatable bonds is 7. The molecule has 0 atom stereocenters. The molecule has 166 valence electrons. The fourth-order valence-corrected chi connectivity index (χ4v) is 3.26. The Morgan fingerprint density at radius 2 is 1.66 bits per heavy atom. The van der Waals surface area contributed by atoms with Crippen LogP contribution in [0, 0.1) is 0 Å². The number of aliphatic carboxylic acids is 1. The van der Waals surface area contributed by atoms with Gasteiger partial charge in [0.15, 0.2) is 0 Å². The number of ether oxygens (including phenoxy) is 1. The second-order valence-electron chi connectivity index (χ2n) is 6.87. The molecule has 32 heavy (non-hydrogen) atoms. The standard InChI is InChI=1S/C24H20F3NO4/c1-2-32-22-16(14-21(29)30)6-5-9-20(22)28-23(31)19-8-4-3-7-18(19)15-10-12-17(13-11-15)24(25,26)27/h3-13H,2,14H2,1H3,(H,28,31)(H,29,30). The minimum absolute atomic E-state index is 0.248. The molecule has 0 saturated carbocycles. The highest BCUT2D eigenvalue weighted by atomic mass is 19.4. The van der Waals surface area contributed by atoms with Crippen molar-refractivity contribution in [3.05, 3.63) is 83.4 Å². The van der Waals surface area contributed by atoms with Gasteiger partial charge in [-0.1, -0.05) is 42.5 Å². The van der Waals surface area contributed by atoms with E-state index in [9.17, 15) is 22.8 Å². The van der Waals surface area contributed by atoms with Crippen LogP contribution in [0.25, 0.3) is 11.1 Å². The summed E-state index contributed by atoms with van der Waals surface area (Å²) < 4.78 is 44.2. The van der Waals surface area contributed by atoms with Gasteiger partial charge in [-0.15, -0.1) is 0 Å². The zero-order valence-corrected chi connectivity index (χ0v) is 17.1. The van der Waals surface area contributed by atoms with Gasteiger partial charge in [0.05, 0.1) is 24.3 Å². The first-order chi connectivity index (χ1) is 15.2. The number of hydrogen-bond donors (Lipinski definition) is 2. The summed E-state index contributed by atoms with van der Waals surface area (Å²) in [6, 6.07) is 15.9. The SMILES string of the molecule is CCOc1c(CC(=O)O)cccc1NC(=O)c1ccccc1-c1ccc(C(F)(F)F)cc1. The highest BCUT2D eigenvalue weighted by Crippen LogP contribution is 2.33. The summed E-state index contributed by atoms with van der Waals surface area (Å²) in [4.78, 5) is 24.2. The summed E-state index contributed by atoms with van der Waals surface area (Å²) in [6.45, 7) is 2.00. The molecule has 0 bridgehead atoms. The monoisotopic (exact) mass is 443 g/mol. The van der Waals surface area contributed by atoms with E-state index in [0.717, 1.165) is 12.1 Å². The molecule has 3 aromatic carbocycles. The number of anilines is 1. The van der Waals surface area contributed by atoms with Crippen LogP contribution in [-0.2, 0) is 17.4 Å². The van der Waals surface area contributed by atoms with Gasteiger partial charge in [0.1, 0.15) is 5.75 Å². The van der Waals surface area contributed by atoms with Crippen LogP contribution >= 0.6 is 0 Å². The molecule has 8 heteroatoms. The molecule has 0 heterocycles. The van der Waals surface area contributed by atoms with Gasteiger partial charge >= 0.3 is 12.1 Å². The van der Waals surface area contributed by atoms with Crippen molar-refractivity contribution in [3.8, 4) is 16.9 Å². The first-order valence-electron chi connectivity index (χ1n) is 9.75. The lowest BCUT2D eigenvalue weighted by atomic mass is 9.98. The second-order valence-corrected chi connectivity index (χ2v) is 6.87. The minimum atomic E-state index is -4.45. The number of carboxylic acids is 1. The second kappa shape index (κ2) is 9.55. The molecule has 0 fully saturated rings. The van der Waals surface area contributed by atoms with Crippen LogP contribution in [0.15, 0.2) is 66.7 Å². The summed E-state index contributed by atoms with van der Waals surface area (Å²) in [5.74, 6) is -1.28. The summed E-state index contributed by atoms with van der Waals surface area (Å²) in [7, 11) is 0. The molecule has 0 unspecified atom stereocenters. The summed E-state index contributed by atoms with van der Waals surface area (Å²) in [5.41, 5.74) is 1.09. The quantitative estimate of drug-likeness (QED) is 0.495. The summed E-state index contributed by atoms with van der Waals surface area (Å²) in [5, 5.41) is 11.9. The van der Waals surface area contributed by atoms with Crippen LogP contribution < -0.4 is 10.1 Å². The van der Waals surface area contributed by atoms with Gasteiger partial charge in [0.25, 0.3) is 5.91 Å². The Hall–Kier alpha value is -3.81. The molecule has 0 radical (unpaired) electrons. The number of para-hydroxylation sites is 1. The largest absolute Gasteiger partial charge is 0.491 e. The Morgan fingerprint density at radius 1 is 0.969 bits per heavy atom. The highest BCUT2D eigenvalue weighted by molar-refractivity contribution is 6.09. The third-order valence-electron chi connectivity index (χ3n) is 4.67. The average Bonchev–Trinajstić information content (AvgIpc) is 2.75. The van der Waals surface area contributed by atoms with Crippen LogP contribution in [0.3, 0.4) is 0 Å². The van der Waals surface area contributed by atoms with E-state index >= 15 is 0 Å². The fraction of sp³-hybridized carbons (Fsp3) is 0.167. The van der Waals surface area contributed by atoms with Crippen molar-refractivity contribution in [1.29, 1.82) is 0 Å². The van der Waals surface area contributed by atoms with E-state index in [1.807, 2.05) is 0 Å². The maximum Gasteiger partial charge on any atom is 0.416 e. The number of halogens is 3. The van der Waals surface area contributed by atoms with Crippen LogP contribution in [0.4, 0.5) is 18.9 Å². The molecule has 1 amide bonds. The van der Waals surface area contributed by atoms with Crippen molar-refractivity contribution in [1.82, 2.24) is 0 Å². The topological polar surface area (TPSA) is 75.6 Å². The number of alkyl halides is 3. The molecule has 5 nitrogen and oxygen atoms in total. The molecule has 0 aliphatic heterocycles. The van der Waals surface area contributed by atoms with Gasteiger partial charge in [-0.2, -0.15) is 13.2 Å². The predicted molar refractivity (Wildman–Crippen MR) is 114 cm³/mol. The van der Waals surface area contributed by atoms with E-state index in [4.69, 9.17) is 9.84 Å².